The maximum absolute atomic E-state index is 11.9. The van der Waals surface area contributed by atoms with Gasteiger partial charge in [0.2, 0.25) is 5.91 Å². The maximum Gasteiger partial charge on any atom is 0.330 e. The smallest absolute Gasteiger partial charge is 0.330 e. The van der Waals surface area contributed by atoms with E-state index >= 15 is 0 Å². The van der Waals surface area contributed by atoms with Crippen LogP contribution in [0.25, 0.3) is 0 Å². The molecule has 0 aromatic heterocycles. The highest BCUT2D eigenvalue weighted by Crippen LogP contribution is 2.04. The molecule has 0 saturated carbocycles. The monoisotopic (exact) mass is 359 g/mol. The van der Waals surface area contributed by atoms with Crippen LogP contribution in [-0.2, 0) is 19.1 Å². The van der Waals surface area contributed by atoms with E-state index in [4.69, 9.17) is 17.2 Å². The van der Waals surface area contributed by atoms with Crippen molar-refractivity contribution in [2.45, 2.75) is 58.8 Å². The van der Waals surface area contributed by atoms with Crippen LogP contribution < -0.4 is 27.8 Å². The zero-order valence-electron chi connectivity index (χ0n) is 15.1. The van der Waals surface area contributed by atoms with E-state index in [9.17, 15) is 19.2 Å². The lowest BCUT2D eigenvalue weighted by Crippen LogP contribution is -2.55. The molecule has 0 radical (unpaired) electrons. The van der Waals surface area contributed by atoms with Crippen LogP contribution in [0, 0.1) is 11.8 Å². The number of ether oxygens (including phenoxy) is 1. The van der Waals surface area contributed by atoms with E-state index in [1.807, 2.05) is 0 Å². The van der Waals surface area contributed by atoms with Gasteiger partial charge in [0, 0.05) is 6.42 Å². The molecule has 144 valence electrons. The topological polar surface area (TPSA) is 180 Å². The SMILES string of the molecule is CC(C)[C@H](N)C(=O)NC(CCC(=O)OC(=O)[C@@H](N)C(C)C)NC(N)=O. The Hall–Kier alpha value is -2.20. The summed E-state index contributed by atoms with van der Waals surface area (Å²) in [5.41, 5.74) is 16.3. The summed E-state index contributed by atoms with van der Waals surface area (Å²) in [6.07, 6.45) is -1.18. The second-order valence-electron chi connectivity index (χ2n) is 6.44. The largest absolute Gasteiger partial charge is 0.392 e. The lowest BCUT2D eigenvalue weighted by atomic mass is 10.0. The molecule has 0 saturated heterocycles. The highest BCUT2D eigenvalue weighted by atomic mass is 16.6. The maximum atomic E-state index is 11.9. The second kappa shape index (κ2) is 10.6. The zero-order valence-corrected chi connectivity index (χ0v) is 15.1. The molecule has 3 atom stereocenters. The van der Waals surface area contributed by atoms with Gasteiger partial charge in [0.15, 0.2) is 0 Å². The fourth-order valence-electron chi connectivity index (χ4n) is 1.69. The molecule has 8 N–H and O–H groups in total. The molecular formula is C15H29N5O5. The van der Waals surface area contributed by atoms with Crippen LogP contribution in [0.5, 0.6) is 0 Å². The Balaban J connectivity index is 4.62. The molecule has 0 aliphatic rings. The minimum absolute atomic E-state index is 0.0253. The average Bonchev–Trinajstić information content (AvgIpc) is 2.49. The first-order valence-electron chi connectivity index (χ1n) is 8.07. The van der Waals surface area contributed by atoms with Crippen LogP contribution in [0.3, 0.4) is 0 Å². The van der Waals surface area contributed by atoms with Gasteiger partial charge >= 0.3 is 18.0 Å². The Morgan fingerprint density at radius 3 is 1.88 bits per heavy atom. The molecule has 25 heavy (non-hydrogen) atoms. The van der Waals surface area contributed by atoms with Gasteiger partial charge in [0.1, 0.15) is 12.2 Å². The molecule has 0 bridgehead atoms. The van der Waals surface area contributed by atoms with Crippen LogP contribution in [-0.4, -0.2) is 42.1 Å². The van der Waals surface area contributed by atoms with Crippen LogP contribution in [0.2, 0.25) is 0 Å². The predicted molar refractivity (Wildman–Crippen MR) is 90.6 cm³/mol. The second-order valence-corrected chi connectivity index (χ2v) is 6.44. The fourth-order valence-corrected chi connectivity index (χ4v) is 1.69. The van der Waals surface area contributed by atoms with Crippen molar-refractivity contribution >= 4 is 23.9 Å². The van der Waals surface area contributed by atoms with Gasteiger partial charge in [-0.05, 0) is 18.3 Å². The van der Waals surface area contributed by atoms with Crippen molar-refractivity contribution in [3.63, 3.8) is 0 Å². The first-order chi connectivity index (χ1) is 11.5. The van der Waals surface area contributed by atoms with Crippen molar-refractivity contribution in [1.82, 2.24) is 10.6 Å². The van der Waals surface area contributed by atoms with Crippen LogP contribution >= 0.6 is 0 Å². The quantitative estimate of drug-likeness (QED) is 0.197. The van der Waals surface area contributed by atoms with Gasteiger partial charge < -0.3 is 32.6 Å². The van der Waals surface area contributed by atoms with Gasteiger partial charge in [0.05, 0.1) is 6.04 Å². The average molecular weight is 359 g/mol. The molecule has 1 unspecified atom stereocenters. The van der Waals surface area contributed by atoms with Crippen LogP contribution in [0.15, 0.2) is 0 Å². The van der Waals surface area contributed by atoms with Crippen molar-refractivity contribution in [3.8, 4) is 0 Å². The molecule has 3 amide bonds. The third-order valence-corrected chi connectivity index (χ3v) is 3.50. The van der Waals surface area contributed by atoms with Crippen LogP contribution in [0.1, 0.15) is 40.5 Å². The highest BCUT2D eigenvalue weighted by molar-refractivity contribution is 5.88. The van der Waals surface area contributed by atoms with Crippen molar-refractivity contribution in [1.29, 1.82) is 0 Å². The lowest BCUT2D eigenvalue weighted by Gasteiger charge is -2.22. The number of nitrogens with one attached hydrogen (secondary N) is 2. The van der Waals surface area contributed by atoms with Crippen LogP contribution in [0.4, 0.5) is 4.79 Å². The minimum atomic E-state index is -0.920. The van der Waals surface area contributed by atoms with E-state index in [0.29, 0.717) is 0 Å². The molecule has 0 spiro atoms. The van der Waals surface area contributed by atoms with Gasteiger partial charge in [-0.1, -0.05) is 27.7 Å². The number of urea groups is 1. The Morgan fingerprint density at radius 2 is 1.44 bits per heavy atom. The summed E-state index contributed by atoms with van der Waals surface area (Å²) in [6, 6.07) is -2.57. The first-order valence-corrected chi connectivity index (χ1v) is 8.07. The lowest BCUT2D eigenvalue weighted by molar-refractivity contribution is -0.161. The molecule has 10 nitrogen and oxygen atoms in total. The summed E-state index contributed by atoms with van der Waals surface area (Å²) in [4.78, 5) is 46.3. The molecule has 10 heteroatoms. The molecule has 0 aliphatic heterocycles. The van der Waals surface area contributed by atoms with E-state index < -0.39 is 42.1 Å². The number of primary amides is 1. The first kappa shape index (κ1) is 22.8. The summed E-state index contributed by atoms with van der Waals surface area (Å²) in [7, 11) is 0. The minimum Gasteiger partial charge on any atom is -0.392 e. The number of esters is 2. The van der Waals surface area contributed by atoms with E-state index in [1.165, 1.54) is 0 Å². The van der Waals surface area contributed by atoms with Crippen molar-refractivity contribution in [2.75, 3.05) is 0 Å². The Labute approximate surface area is 147 Å². The van der Waals surface area contributed by atoms with Gasteiger partial charge in [0.25, 0.3) is 0 Å². The number of carbonyl (C=O) groups is 4. The van der Waals surface area contributed by atoms with E-state index in [2.05, 4.69) is 15.4 Å². The number of hydrogen-bond donors (Lipinski definition) is 5. The summed E-state index contributed by atoms with van der Waals surface area (Å²) >= 11 is 0. The molecule has 0 aromatic carbocycles. The van der Waals surface area contributed by atoms with Gasteiger partial charge in [-0.15, -0.1) is 0 Å². The van der Waals surface area contributed by atoms with Crippen molar-refractivity contribution in [2.24, 2.45) is 29.0 Å². The third kappa shape index (κ3) is 9.01. The summed E-state index contributed by atoms with van der Waals surface area (Å²) in [5.74, 6) is -2.44. The van der Waals surface area contributed by atoms with Gasteiger partial charge in [-0.3, -0.25) is 9.59 Å². The van der Waals surface area contributed by atoms with Crippen molar-refractivity contribution < 1.29 is 23.9 Å². The van der Waals surface area contributed by atoms with Gasteiger partial charge in [-0.25, -0.2) is 9.59 Å². The Morgan fingerprint density at radius 1 is 0.920 bits per heavy atom. The highest BCUT2D eigenvalue weighted by Gasteiger charge is 2.24. The summed E-state index contributed by atoms with van der Waals surface area (Å²) in [6.45, 7) is 6.97. The van der Waals surface area contributed by atoms with E-state index in [1.54, 1.807) is 27.7 Å². The molecule has 0 fully saturated rings. The van der Waals surface area contributed by atoms with E-state index in [-0.39, 0.29) is 24.7 Å². The molecule has 0 rings (SSSR count). The third-order valence-electron chi connectivity index (χ3n) is 3.50. The molecule has 0 aromatic rings. The van der Waals surface area contributed by atoms with Gasteiger partial charge in [-0.2, -0.15) is 0 Å². The zero-order chi connectivity index (χ0) is 19.7. The molecular weight excluding hydrogens is 330 g/mol. The van der Waals surface area contributed by atoms with E-state index in [0.717, 1.165) is 0 Å². The standard InChI is InChI=1S/C15H29N5O5/c1-7(2)11(16)13(22)19-9(20-15(18)24)5-6-10(21)25-14(23)12(17)8(3)4/h7-9,11-12H,5-6,16-17H2,1-4H3,(H,19,22)(H3,18,20,24)/t9?,11-,12-/m0/s1. The number of hydrogen-bond acceptors (Lipinski definition) is 7. The number of rotatable bonds is 9. The summed E-state index contributed by atoms with van der Waals surface area (Å²) < 4.78 is 4.64. The predicted octanol–water partition coefficient (Wildman–Crippen LogP) is -1.09. The number of nitrogens with two attached hydrogens (primary N) is 3. The Bertz CT molecular complexity index is 495. The normalized spacial score (nSPS) is 14.6. The molecule has 0 aliphatic carbocycles. The number of carbonyl (C=O) groups excluding carboxylic acids is 4. The van der Waals surface area contributed by atoms with Crippen molar-refractivity contribution in [3.05, 3.63) is 0 Å². The fraction of sp³-hybridized carbons (Fsp3) is 0.733. The summed E-state index contributed by atoms with van der Waals surface area (Å²) in [5, 5.41) is 4.77. The number of amides is 3. The molecule has 0 heterocycles. The Kier molecular flexibility index (Phi) is 9.69.